The van der Waals surface area contributed by atoms with Gasteiger partial charge in [-0.25, -0.2) is 0 Å². The van der Waals surface area contributed by atoms with Crippen LogP contribution in [0.4, 0.5) is 0 Å². The summed E-state index contributed by atoms with van der Waals surface area (Å²) < 4.78 is 0. The molecule has 0 radical (unpaired) electrons. The summed E-state index contributed by atoms with van der Waals surface area (Å²) in [5.41, 5.74) is 8.13. The van der Waals surface area contributed by atoms with Gasteiger partial charge in [-0.05, 0) is 26.8 Å². The zero-order valence-corrected chi connectivity index (χ0v) is 7.44. The highest BCUT2D eigenvalue weighted by Crippen LogP contribution is 1.96. The lowest BCUT2D eigenvalue weighted by molar-refractivity contribution is 0.965. The van der Waals surface area contributed by atoms with E-state index in [9.17, 15) is 0 Å². The van der Waals surface area contributed by atoms with Crippen molar-refractivity contribution < 1.29 is 0 Å². The van der Waals surface area contributed by atoms with Crippen molar-refractivity contribution >= 4 is 0 Å². The van der Waals surface area contributed by atoms with E-state index in [-0.39, 0.29) is 0 Å². The van der Waals surface area contributed by atoms with Crippen LogP contribution >= 0.6 is 0 Å². The summed E-state index contributed by atoms with van der Waals surface area (Å²) in [6, 6.07) is 0. The van der Waals surface area contributed by atoms with Crippen LogP contribution in [0.5, 0.6) is 0 Å². The van der Waals surface area contributed by atoms with Crippen LogP contribution in [0.3, 0.4) is 0 Å². The normalized spacial score (nSPS) is 13.0. The first-order chi connectivity index (χ1) is 5.07. The molecule has 11 heavy (non-hydrogen) atoms. The SMILES string of the molecule is C=C(/C=C\C)N/C(C)=C(\C)N. The Morgan fingerprint density at radius 3 is 2.36 bits per heavy atom. The molecule has 0 saturated heterocycles. The number of hydrogen-bond donors (Lipinski definition) is 2. The highest BCUT2D eigenvalue weighted by atomic mass is 14.9. The molecule has 0 heterocycles. The van der Waals surface area contributed by atoms with Gasteiger partial charge in [0.05, 0.1) is 0 Å². The smallest absolute Gasteiger partial charge is 0.0306 e. The van der Waals surface area contributed by atoms with Crippen LogP contribution in [0.15, 0.2) is 35.8 Å². The average Bonchev–Trinajstić information content (AvgIpc) is 1.87. The molecule has 0 bridgehead atoms. The zero-order chi connectivity index (χ0) is 8.85. The molecular formula is C9H16N2. The van der Waals surface area contributed by atoms with Crippen LogP contribution < -0.4 is 11.1 Å². The van der Waals surface area contributed by atoms with E-state index in [4.69, 9.17) is 5.73 Å². The Morgan fingerprint density at radius 2 is 2.00 bits per heavy atom. The maximum Gasteiger partial charge on any atom is 0.0306 e. The summed E-state index contributed by atoms with van der Waals surface area (Å²) in [6.07, 6.45) is 3.82. The second-order valence-corrected chi connectivity index (χ2v) is 2.46. The minimum Gasteiger partial charge on any atom is -0.401 e. The molecule has 0 spiro atoms. The Morgan fingerprint density at radius 1 is 1.45 bits per heavy atom. The molecule has 0 aliphatic heterocycles. The summed E-state index contributed by atoms with van der Waals surface area (Å²) in [7, 11) is 0. The van der Waals surface area contributed by atoms with E-state index in [0.29, 0.717) is 0 Å². The van der Waals surface area contributed by atoms with Crippen molar-refractivity contribution in [3.8, 4) is 0 Å². The largest absolute Gasteiger partial charge is 0.401 e. The van der Waals surface area contributed by atoms with Crippen LogP contribution in [-0.4, -0.2) is 0 Å². The van der Waals surface area contributed by atoms with Gasteiger partial charge in [0.2, 0.25) is 0 Å². The van der Waals surface area contributed by atoms with Crippen LogP contribution in [-0.2, 0) is 0 Å². The predicted octanol–water partition coefficient (Wildman–Crippen LogP) is 1.88. The predicted molar refractivity (Wildman–Crippen MR) is 49.7 cm³/mol. The molecular weight excluding hydrogens is 136 g/mol. The quantitative estimate of drug-likeness (QED) is 0.606. The maximum atomic E-state index is 5.53. The van der Waals surface area contributed by atoms with E-state index in [1.165, 1.54) is 0 Å². The summed E-state index contributed by atoms with van der Waals surface area (Å²) in [6.45, 7) is 9.50. The van der Waals surface area contributed by atoms with Crippen molar-refractivity contribution in [2.24, 2.45) is 5.73 Å². The van der Waals surface area contributed by atoms with Crippen molar-refractivity contribution in [2.75, 3.05) is 0 Å². The molecule has 62 valence electrons. The molecule has 0 aliphatic rings. The van der Waals surface area contributed by atoms with Gasteiger partial charge in [-0.1, -0.05) is 12.7 Å². The average molecular weight is 152 g/mol. The minimum absolute atomic E-state index is 0.788. The number of allylic oxidation sites excluding steroid dienone is 4. The molecule has 0 atom stereocenters. The molecule has 0 aromatic carbocycles. The molecule has 0 unspecified atom stereocenters. The van der Waals surface area contributed by atoms with E-state index in [1.54, 1.807) is 0 Å². The van der Waals surface area contributed by atoms with E-state index < -0.39 is 0 Å². The fraction of sp³-hybridized carbons (Fsp3) is 0.333. The molecule has 2 heteroatoms. The number of nitrogens with two attached hydrogens (primary N) is 1. The van der Waals surface area contributed by atoms with E-state index >= 15 is 0 Å². The molecule has 0 aromatic heterocycles. The van der Waals surface area contributed by atoms with Gasteiger partial charge in [0.1, 0.15) is 0 Å². The second-order valence-electron chi connectivity index (χ2n) is 2.46. The Bertz CT molecular complexity index is 196. The first kappa shape index (κ1) is 9.82. The second kappa shape index (κ2) is 4.61. The number of hydrogen-bond acceptors (Lipinski definition) is 2. The van der Waals surface area contributed by atoms with Gasteiger partial charge in [-0.2, -0.15) is 0 Å². The molecule has 3 N–H and O–H groups in total. The van der Waals surface area contributed by atoms with Crippen molar-refractivity contribution in [3.05, 3.63) is 35.8 Å². The third kappa shape index (κ3) is 4.25. The Hall–Kier alpha value is -1.18. The molecule has 0 amide bonds. The molecule has 0 aromatic rings. The highest BCUT2D eigenvalue weighted by Gasteiger charge is 1.90. The van der Waals surface area contributed by atoms with E-state index in [0.717, 1.165) is 17.1 Å². The lowest BCUT2D eigenvalue weighted by atomic mass is 10.3. The summed E-state index contributed by atoms with van der Waals surface area (Å²) in [5, 5.41) is 3.05. The van der Waals surface area contributed by atoms with E-state index in [2.05, 4.69) is 11.9 Å². The number of nitrogens with one attached hydrogen (secondary N) is 1. The van der Waals surface area contributed by atoms with Gasteiger partial charge in [-0.3, -0.25) is 0 Å². The van der Waals surface area contributed by atoms with Crippen LogP contribution in [0.2, 0.25) is 0 Å². The maximum absolute atomic E-state index is 5.53. The van der Waals surface area contributed by atoms with Crippen molar-refractivity contribution in [1.82, 2.24) is 5.32 Å². The summed E-state index contributed by atoms with van der Waals surface area (Å²) in [4.78, 5) is 0. The highest BCUT2D eigenvalue weighted by molar-refractivity contribution is 5.19. The molecule has 0 saturated carbocycles. The fourth-order valence-electron chi connectivity index (χ4n) is 0.582. The minimum atomic E-state index is 0.788. The third-order valence-electron chi connectivity index (χ3n) is 1.31. The Kier molecular flexibility index (Phi) is 4.11. The number of rotatable bonds is 3. The fourth-order valence-corrected chi connectivity index (χ4v) is 0.582. The Labute approximate surface area is 68.5 Å². The van der Waals surface area contributed by atoms with Crippen molar-refractivity contribution in [3.63, 3.8) is 0 Å². The van der Waals surface area contributed by atoms with E-state index in [1.807, 2.05) is 32.9 Å². The van der Waals surface area contributed by atoms with Gasteiger partial charge >= 0.3 is 0 Å². The van der Waals surface area contributed by atoms with Crippen molar-refractivity contribution in [1.29, 1.82) is 0 Å². The molecule has 0 aliphatic carbocycles. The van der Waals surface area contributed by atoms with Crippen molar-refractivity contribution in [2.45, 2.75) is 20.8 Å². The monoisotopic (exact) mass is 152 g/mol. The van der Waals surface area contributed by atoms with Gasteiger partial charge in [0.25, 0.3) is 0 Å². The summed E-state index contributed by atoms with van der Waals surface area (Å²) >= 11 is 0. The van der Waals surface area contributed by atoms with Crippen LogP contribution in [0.1, 0.15) is 20.8 Å². The first-order valence-electron chi connectivity index (χ1n) is 3.59. The topological polar surface area (TPSA) is 38.0 Å². The lowest BCUT2D eigenvalue weighted by Crippen LogP contribution is -2.12. The van der Waals surface area contributed by atoms with Gasteiger partial charge in [0, 0.05) is 17.1 Å². The standard InChI is InChI=1S/C9H16N2/c1-5-6-7(2)11-9(4)8(3)10/h5-6,11H,2,10H2,1,3-4H3/b6-5-,9-8+. The van der Waals surface area contributed by atoms with Gasteiger partial charge in [-0.15, -0.1) is 0 Å². The third-order valence-corrected chi connectivity index (χ3v) is 1.31. The first-order valence-corrected chi connectivity index (χ1v) is 3.59. The van der Waals surface area contributed by atoms with Gasteiger partial charge < -0.3 is 11.1 Å². The van der Waals surface area contributed by atoms with Crippen LogP contribution in [0.25, 0.3) is 0 Å². The zero-order valence-electron chi connectivity index (χ0n) is 7.44. The molecule has 0 fully saturated rings. The summed E-state index contributed by atoms with van der Waals surface area (Å²) in [5.74, 6) is 0. The molecule has 2 nitrogen and oxygen atoms in total. The Balaban J connectivity index is 4.07. The van der Waals surface area contributed by atoms with Gasteiger partial charge in [0.15, 0.2) is 0 Å². The molecule has 0 rings (SSSR count). The van der Waals surface area contributed by atoms with Crippen LogP contribution in [0, 0.1) is 0 Å². The lowest BCUT2D eigenvalue weighted by Gasteiger charge is -2.06.